The van der Waals surface area contributed by atoms with Gasteiger partial charge < -0.3 is 4.90 Å². The van der Waals surface area contributed by atoms with Gasteiger partial charge in [-0.1, -0.05) is 32.8 Å². The summed E-state index contributed by atoms with van der Waals surface area (Å²) in [6, 6.07) is 0. The molecule has 0 spiro atoms. The Bertz CT molecular complexity index is 130. The maximum absolute atomic E-state index is 2.51. The molecular weight excluding hydrogens is 158 g/mol. The summed E-state index contributed by atoms with van der Waals surface area (Å²) in [5.74, 6) is 0. The lowest BCUT2D eigenvalue weighted by molar-refractivity contribution is 0.331. The van der Waals surface area contributed by atoms with Gasteiger partial charge in [0, 0.05) is 18.8 Å². The predicted molar refractivity (Wildman–Crippen MR) is 60.8 cm³/mol. The SMILES string of the molecule is CC=C(C)N(CCCC)CCCC. The van der Waals surface area contributed by atoms with Gasteiger partial charge in [-0.3, -0.25) is 0 Å². The van der Waals surface area contributed by atoms with Crippen molar-refractivity contribution < 1.29 is 0 Å². The Morgan fingerprint density at radius 1 is 1.08 bits per heavy atom. The molecule has 0 unspecified atom stereocenters. The first-order valence-electron chi connectivity index (χ1n) is 5.64. The maximum Gasteiger partial charge on any atom is 0.0174 e. The monoisotopic (exact) mass is 183 g/mol. The van der Waals surface area contributed by atoms with Crippen LogP contribution in [0, 0.1) is 0 Å². The second-order valence-corrected chi connectivity index (χ2v) is 3.62. The molecule has 1 nitrogen and oxygen atoms in total. The van der Waals surface area contributed by atoms with Crippen molar-refractivity contribution in [1.29, 1.82) is 0 Å². The summed E-state index contributed by atoms with van der Waals surface area (Å²) in [6.07, 6.45) is 7.42. The van der Waals surface area contributed by atoms with Gasteiger partial charge >= 0.3 is 0 Å². The van der Waals surface area contributed by atoms with E-state index >= 15 is 0 Å². The number of hydrogen-bond acceptors (Lipinski definition) is 1. The van der Waals surface area contributed by atoms with Crippen molar-refractivity contribution in [3.8, 4) is 0 Å². The Kier molecular flexibility index (Phi) is 7.86. The summed E-state index contributed by atoms with van der Waals surface area (Å²) in [7, 11) is 0. The van der Waals surface area contributed by atoms with E-state index in [1.54, 1.807) is 0 Å². The van der Waals surface area contributed by atoms with Gasteiger partial charge in [-0.25, -0.2) is 0 Å². The third-order valence-corrected chi connectivity index (χ3v) is 2.48. The van der Waals surface area contributed by atoms with Crippen LogP contribution in [0.4, 0.5) is 0 Å². The third kappa shape index (κ3) is 5.73. The van der Waals surface area contributed by atoms with Crippen molar-refractivity contribution in [2.45, 2.75) is 53.4 Å². The van der Waals surface area contributed by atoms with E-state index in [0.717, 1.165) is 0 Å². The largest absolute Gasteiger partial charge is 0.375 e. The van der Waals surface area contributed by atoms with Crippen molar-refractivity contribution in [3.05, 3.63) is 11.8 Å². The Morgan fingerprint density at radius 3 is 1.85 bits per heavy atom. The molecule has 0 aliphatic carbocycles. The molecule has 0 aromatic heterocycles. The second-order valence-electron chi connectivity index (χ2n) is 3.62. The topological polar surface area (TPSA) is 3.24 Å². The number of rotatable bonds is 7. The summed E-state index contributed by atoms with van der Waals surface area (Å²) >= 11 is 0. The number of nitrogens with zero attached hydrogens (tertiary/aromatic N) is 1. The van der Waals surface area contributed by atoms with Crippen LogP contribution in [0.15, 0.2) is 11.8 Å². The van der Waals surface area contributed by atoms with Crippen molar-refractivity contribution in [3.63, 3.8) is 0 Å². The number of allylic oxidation sites excluding steroid dienone is 2. The second kappa shape index (κ2) is 8.15. The zero-order valence-electron chi connectivity index (χ0n) is 9.77. The zero-order chi connectivity index (χ0) is 10.1. The first-order valence-corrected chi connectivity index (χ1v) is 5.64. The lowest BCUT2D eigenvalue weighted by Gasteiger charge is -2.25. The molecule has 0 aromatic rings. The van der Waals surface area contributed by atoms with Gasteiger partial charge in [0.05, 0.1) is 0 Å². The van der Waals surface area contributed by atoms with E-state index in [-0.39, 0.29) is 0 Å². The van der Waals surface area contributed by atoms with E-state index in [2.05, 4.69) is 38.7 Å². The molecule has 0 saturated carbocycles. The highest BCUT2D eigenvalue weighted by molar-refractivity contribution is 4.94. The molecule has 0 heterocycles. The third-order valence-electron chi connectivity index (χ3n) is 2.48. The van der Waals surface area contributed by atoms with Crippen LogP contribution in [0.25, 0.3) is 0 Å². The van der Waals surface area contributed by atoms with E-state index in [9.17, 15) is 0 Å². The van der Waals surface area contributed by atoms with Crippen molar-refractivity contribution in [1.82, 2.24) is 4.90 Å². The standard InChI is InChI=1S/C12H25N/c1-5-8-10-13(11-9-6-2)12(4)7-3/h7H,5-6,8-11H2,1-4H3. The lowest BCUT2D eigenvalue weighted by Crippen LogP contribution is -2.24. The summed E-state index contributed by atoms with van der Waals surface area (Å²) < 4.78 is 0. The molecule has 13 heavy (non-hydrogen) atoms. The van der Waals surface area contributed by atoms with Crippen LogP contribution >= 0.6 is 0 Å². The summed E-state index contributed by atoms with van der Waals surface area (Å²) in [5.41, 5.74) is 1.43. The lowest BCUT2D eigenvalue weighted by atomic mass is 10.2. The molecular formula is C12H25N. The van der Waals surface area contributed by atoms with Gasteiger partial charge in [0.25, 0.3) is 0 Å². The molecule has 1 heteroatoms. The van der Waals surface area contributed by atoms with Gasteiger partial charge in [-0.05, 0) is 26.7 Å². The van der Waals surface area contributed by atoms with Gasteiger partial charge in [-0.2, -0.15) is 0 Å². The minimum atomic E-state index is 1.23. The molecule has 0 aliphatic heterocycles. The molecule has 0 saturated heterocycles. The molecule has 0 aromatic carbocycles. The minimum absolute atomic E-state index is 1.23. The average Bonchev–Trinajstić information content (AvgIpc) is 2.17. The molecule has 0 atom stereocenters. The first kappa shape index (κ1) is 12.5. The van der Waals surface area contributed by atoms with Crippen LogP contribution in [0.1, 0.15) is 53.4 Å². The van der Waals surface area contributed by atoms with E-state index in [1.165, 1.54) is 44.5 Å². The minimum Gasteiger partial charge on any atom is -0.375 e. The molecule has 78 valence electrons. The highest BCUT2D eigenvalue weighted by Crippen LogP contribution is 2.07. The number of unbranched alkanes of at least 4 members (excludes halogenated alkanes) is 2. The van der Waals surface area contributed by atoms with E-state index < -0.39 is 0 Å². The summed E-state index contributed by atoms with van der Waals surface area (Å²) in [5, 5.41) is 0. The van der Waals surface area contributed by atoms with Crippen LogP contribution in [-0.4, -0.2) is 18.0 Å². The van der Waals surface area contributed by atoms with Crippen LogP contribution < -0.4 is 0 Å². The molecule has 0 aliphatic rings. The van der Waals surface area contributed by atoms with E-state index in [0.29, 0.717) is 0 Å². The van der Waals surface area contributed by atoms with Gasteiger partial charge in [0.2, 0.25) is 0 Å². The maximum atomic E-state index is 2.51. The molecule has 0 N–H and O–H groups in total. The Hall–Kier alpha value is -0.460. The Balaban J connectivity index is 3.87. The first-order chi connectivity index (χ1) is 6.26. The molecule has 0 bridgehead atoms. The highest BCUT2D eigenvalue weighted by atomic mass is 15.1. The molecule has 0 rings (SSSR count). The fourth-order valence-corrected chi connectivity index (χ4v) is 1.35. The summed E-state index contributed by atoms with van der Waals surface area (Å²) in [4.78, 5) is 2.51. The average molecular weight is 183 g/mol. The van der Waals surface area contributed by atoms with Crippen molar-refractivity contribution in [2.75, 3.05) is 13.1 Å². The Labute approximate surface area is 83.8 Å². The quantitative estimate of drug-likeness (QED) is 0.580. The predicted octanol–water partition coefficient (Wildman–Crippen LogP) is 3.81. The van der Waals surface area contributed by atoms with Crippen LogP contribution in [0.2, 0.25) is 0 Å². The summed E-state index contributed by atoms with van der Waals surface area (Å²) in [6.45, 7) is 11.3. The highest BCUT2D eigenvalue weighted by Gasteiger charge is 2.02. The van der Waals surface area contributed by atoms with Crippen LogP contribution in [0.5, 0.6) is 0 Å². The smallest absolute Gasteiger partial charge is 0.0174 e. The van der Waals surface area contributed by atoms with Crippen LogP contribution in [0.3, 0.4) is 0 Å². The van der Waals surface area contributed by atoms with Crippen molar-refractivity contribution in [2.24, 2.45) is 0 Å². The van der Waals surface area contributed by atoms with Gasteiger partial charge in [-0.15, -0.1) is 0 Å². The van der Waals surface area contributed by atoms with E-state index in [4.69, 9.17) is 0 Å². The fourth-order valence-electron chi connectivity index (χ4n) is 1.35. The zero-order valence-corrected chi connectivity index (χ0v) is 9.77. The van der Waals surface area contributed by atoms with Crippen LogP contribution in [-0.2, 0) is 0 Å². The van der Waals surface area contributed by atoms with Gasteiger partial charge in [0.1, 0.15) is 0 Å². The molecule has 0 radical (unpaired) electrons. The molecule has 0 fully saturated rings. The van der Waals surface area contributed by atoms with Gasteiger partial charge in [0.15, 0.2) is 0 Å². The van der Waals surface area contributed by atoms with Crippen molar-refractivity contribution >= 4 is 0 Å². The Morgan fingerprint density at radius 2 is 1.54 bits per heavy atom. The molecule has 0 amide bonds. The number of hydrogen-bond donors (Lipinski definition) is 0. The fraction of sp³-hybridized carbons (Fsp3) is 0.833. The van der Waals surface area contributed by atoms with E-state index in [1.807, 2.05) is 0 Å². The normalized spacial score (nSPS) is 11.8.